The monoisotopic (exact) mass is 238 g/mol. The maximum atomic E-state index is 12.4. The maximum Gasteiger partial charge on any atom is 0.239 e. The zero-order chi connectivity index (χ0) is 12.1. The van der Waals surface area contributed by atoms with Crippen molar-refractivity contribution >= 4 is 5.91 Å². The first kappa shape index (κ1) is 12.9. The van der Waals surface area contributed by atoms with Crippen molar-refractivity contribution in [3.8, 4) is 0 Å². The largest absolute Gasteiger partial charge is 0.341 e. The Morgan fingerprint density at radius 3 is 2.24 bits per heavy atom. The molecule has 2 aliphatic rings. The van der Waals surface area contributed by atoms with Crippen molar-refractivity contribution in [2.24, 2.45) is 0 Å². The van der Waals surface area contributed by atoms with Gasteiger partial charge in [0.1, 0.15) is 0 Å². The molecule has 1 saturated carbocycles. The lowest BCUT2D eigenvalue weighted by Gasteiger charge is -2.32. The highest BCUT2D eigenvalue weighted by molar-refractivity contribution is 5.82. The molecule has 1 aliphatic carbocycles. The zero-order valence-electron chi connectivity index (χ0n) is 11.1. The van der Waals surface area contributed by atoms with Crippen LogP contribution in [0.1, 0.15) is 57.8 Å². The second kappa shape index (κ2) is 6.39. The highest BCUT2D eigenvalue weighted by Crippen LogP contribution is 2.22. The van der Waals surface area contributed by atoms with Gasteiger partial charge in [-0.05, 0) is 32.2 Å². The van der Waals surface area contributed by atoms with Crippen LogP contribution in [0.3, 0.4) is 0 Å². The van der Waals surface area contributed by atoms with Crippen LogP contribution >= 0.6 is 0 Å². The third-order valence-corrected chi connectivity index (χ3v) is 4.33. The van der Waals surface area contributed by atoms with Crippen LogP contribution in [-0.2, 0) is 4.79 Å². The summed E-state index contributed by atoms with van der Waals surface area (Å²) in [6, 6.07) is 0.589. The van der Waals surface area contributed by atoms with Gasteiger partial charge in [-0.1, -0.05) is 32.1 Å². The Balaban J connectivity index is 1.88. The van der Waals surface area contributed by atoms with Gasteiger partial charge in [-0.2, -0.15) is 0 Å². The van der Waals surface area contributed by atoms with Gasteiger partial charge >= 0.3 is 0 Å². The van der Waals surface area contributed by atoms with Crippen molar-refractivity contribution in [2.45, 2.75) is 69.9 Å². The maximum absolute atomic E-state index is 12.4. The molecule has 1 heterocycles. The van der Waals surface area contributed by atoms with Gasteiger partial charge in [0.25, 0.3) is 0 Å². The van der Waals surface area contributed by atoms with Crippen molar-refractivity contribution in [3.05, 3.63) is 0 Å². The minimum absolute atomic E-state index is 0.0944. The molecule has 3 nitrogen and oxygen atoms in total. The fourth-order valence-electron chi connectivity index (χ4n) is 3.13. The van der Waals surface area contributed by atoms with Gasteiger partial charge in [0.2, 0.25) is 5.91 Å². The van der Waals surface area contributed by atoms with Crippen molar-refractivity contribution in [2.75, 3.05) is 13.6 Å². The van der Waals surface area contributed by atoms with Crippen molar-refractivity contribution in [3.63, 3.8) is 0 Å². The lowest BCUT2D eigenvalue weighted by molar-refractivity contribution is -0.135. The number of likely N-dealkylation sites (N-methyl/N-ethyl adjacent to an activating group) is 1. The molecular formula is C14H26N2O. The molecule has 0 aromatic heterocycles. The van der Waals surface area contributed by atoms with E-state index >= 15 is 0 Å². The Hall–Kier alpha value is -0.570. The second-order valence-electron chi connectivity index (χ2n) is 5.60. The molecule has 1 aliphatic heterocycles. The molecule has 1 atom stereocenters. The third-order valence-electron chi connectivity index (χ3n) is 4.33. The Kier molecular flexibility index (Phi) is 4.84. The van der Waals surface area contributed by atoms with Gasteiger partial charge in [0.05, 0.1) is 6.04 Å². The van der Waals surface area contributed by atoms with Crippen LogP contribution in [-0.4, -0.2) is 36.5 Å². The Labute approximate surface area is 105 Å². The van der Waals surface area contributed by atoms with Gasteiger partial charge in [0, 0.05) is 13.1 Å². The first-order chi connectivity index (χ1) is 8.29. The summed E-state index contributed by atoms with van der Waals surface area (Å²) in [6.45, 7) is 1.01. The average molecular weight is 238 g/mol. The molecule has 0 radical (unpaired) electrons. The van der Waals surface area contributed by atoms with Crippen LogP contribution < -0.4 is 5.32 Å². The number of nitrogens with one attached hydrogen (secondary N) is 1. The molecular weight excluding hydrogens is 212 g/mol. The standard InChI is InChI=1S/C14H26N2O/c1-16(12-8-4-2-3-5-9-12)14(17)13-10-6-7-11-15-13/h12-13,15H,2-11H2,1H3/t13-/m0/s1. The smallest absolute Gasteiger partial charge is 0.239 e. The number of piperidine rings is 1. The normalized spacial score (nSPS) is 27.5. The van der Waals surface area contributed by atoms with Crippen molar-refractivity contribution in [1.82, 2.24) is 10.2 Å². The summed E-state index contributed by atoms with van der Waals surface area (Å²) in [5.41, 5.74) is 0. The molecule has 17 heavy (non-hydrogen) atoms. The zero-order valence-corrected chi connectivity index (χ0v) is 11.1. The molecule has 1 amide bonds. The lowest BCUT2D eigenvalue weighted by atomic mass is 10.0. The van der Waals surface area contributed by atoms with Crippen LogP contribution in [0.4, 0.5) is 0 Å². The Morgan fingerprint density at radius 2 is 1.65 bits per heavy atom. The van der Waals surface area contributed by atoms with E-state index < -0.39 is 0 Å². The number of hydrogen-bond donors (Lipinski definition) is 1. The van der Waals surface area contributed by atoms with Gasteiger partial charge in [0.15, 0.2) is 0 Å². The number of amides is 1. The second-order valence-corrected chi connectivity index (χ2v) is 5.60. The van der Waals surface area contributed by atoms with E-state index in [1.807, 2.05) is 11.9 Å². The number of rotatable bonds is 2. The molecule has 0 bridgehead atoms. The number of carbonyl (C=O) groups is 1. The summed E-state index contributed by atoms with van der Waals surface area (Å²) >= 11 is 0. The Bertz CT molecular complexity index is 241. The molecule has 0 spiro atoms. The fourth-order valence-corrected chi connectivity index (χ4v) is 3.13. The molecule has 1 N–H and O–H groups in total. The fraction of sp³-hybridized carbons (Fsp3) is 0.929. The van der Waals surface area contributed by atoms with E-state index in [1.165, 1.54) is 51.4 Å². The van der Waals surface area contributed by atoms with Crippen LogP contribution in [0, 0.1) is 0 Å². The van der Waals surface area contributed by atoms with E-state index in [0.29, 0.717) is 11.9 Å². The third kappa shape index (κ3) is 3.44. The number of nitrogens with zero attached hydrogens (tertiary/aromatic N) is 1. The first-order valence-corrected chi connectivity index (χ1v) is 7.29. The van der Waals surface area contributed by atoms with E-state index in [1.54, 1.807) is 0 Å². The van der Waals surface area contributed by atoms with Gasteiger partial charge in [-0.15, -0.1) is 0 Å². The molecule has 0 aromatic rings. The summed E-state index contributed by atoms with van der Waals surface area (Å²) in [5, 5.41) is 3.36. The molecule has 0 unspecified atom stereocenters. The van der Waals surface area contributed by atoms with E-state index in [9.17, 15) is 4.79 Å². The predicted octanol–water partition coefficient (Wildman–Crippen LogP) is 2.31. The molecule has 1 saturated heterocycles. The van der Waals surface area contributed by atoms with Crippen LogP contribution in [0.5, 0.6) is 0 Å². The van der Waals surface area contributed by atoms with Crippen LogP contribution in [0.25, 0.3) is 0 Å². The summed E-state index contributed by atoms with van der Waals surface area (Å²) < 4.78 is 0. The summed E-state index contributed by atoms with van der Waals surface area (Å²) in [5.74, 6) is 0.330. The first-order valence-electron chi connectivity index (χ1n) is 7.29. The van der Waals surface area contributed by atoms with E-state index in [4.69, 9.17) is 0 Å². The summed E-state index contributed by atoms with van der Waals surface area (Å²) in [6.07, 6.45) is 11.1. The van der Waals surface area contributed by atoms with Crippen LogP contribution in [0.15, 0.2) is 0 Å². The van der Waals surface area contributed by atoms with Crippen molar-refractivity contribution < 1.29 is 4.79 Å². The summed E-state index contributed by atoms with van der Waals surface area (Å²) in [4.78, 5) is 14.4. The Morgan fingerprint density at radius 1 is 1.00 bits per heavy atom. The van der Waals surface area contributed by atoms with Gasteiger partial charge in [-0.25, -0.2) is 0 Å². The minimum atomic E-state index is 0.0944. The highest BCUT2D eigenvalue weighted by atomic mass is 16.2. The minimum Gasteiger partial charge on any atom is -0.341 e. The quantitative estimate of drug-likeness (QED) is 0.749. The van der Waals surface area contributed by atoms with Crippen LogP contribution in [0.2, 0.25) is 0 Å². The average Bonchev–Trinajstić information content (AvgIpc) is 2.67. The highest BCUT2D eigenvalue weighted by Gasteiger charge is 2.27. The van der Waals surface area contributed by atoms with E-state index in [-0.39, 0.29) is 6.04 Å². The van der Waals surface area contributed by atoms with E-state index in [2.05, 4.69) is 5.32 Å². The lowest BCUT2D eigenvalue weighted by Crippen LogP contribution is -2.50. The molecule has 2 rings (SSSR count). The molecule has 98 valence electrons. The van der Waals surface area contributed by atoms with Crippen molar-refractivity contribution in [1.29, 1.82) is 0 Å². The van der Waals surface area contributed by atoms with E-state index in [0.717, 1.165) is 13.0 Å². The molecule has 3 heteroatoms. The molecule has 0 aromatic carbocycles. The van der Waals surface area contributed by atoms with Gasteiger partial charge < -0.3 is 10.2 Å². The number of hydrogen-bond acceptors (Lipinski definition) is 2. The predicted molar refractivity (Wildman–Crippen MR) is 69.9 cm³/mol. The SMILES string of the molecule is CN(C(=O)[C@@H]1CCCCN1)C1CCCCCC1. The molecule has 2 fully saturated rings. The number of carbonyl (C=O) groups excluding carboxylic acids is 1. The summed E-state index contributed by atoms with van der Waals surface area (Å²) in [7, 11) is 2.01. The topological polar surface area (TPSA) is 32.3 Å². The van der Waals surface area contributed by atoms with Gasteiger partial charge in [-0.3, -0.25) is 4.79 Å².